The molecule has 2 nitrogen and oxygen atoms in total. The lowest BCUT2D eigenvalue weighted by molar-refractivity contribution is 0.317. The number of ether oxygens (including phenoxy) is 1. The average Bonchev–Trinajstić information content (AvgIpc) is 2.47. The zero-order chi connectivity index (χ0) is 14.4. The topological polar surface area (TPSA) is 21.3 Å². The van der Waals surface area contributed by atoms with Crippen molar-refractivity contribution in [1.29, 1.82) is 0 Å². The second-order valence-electron chi connectivity index (χ2n) is 4.81. The maximum Gasteiger partial charge on any atom is 0.126 e. The zero-order valence-corrected chi connectivity index (χ0v) is 11.9. The third-order valence-electron chi connectivity index (χ3n) is 3.06. The van der Waals surface area contributed by atoms with Crippen LogP contribution in [-0.2, 0) is 6.54 Å². The van der Waals surface area contributed by atoms with Gasteiger partial charge in [0.2, 0.25) is 0 Å². The molecule has 0 amide bonds. The molecule has 0 fully saturated rings. The van der Waals surface area contributed by atoms with Crippen molar-refractivity contribution < 1.29 is 9.13 Å². The minimum absolute atomic E-state index is 0.160. The molecule has 0 aliphatic carbocycles. The van der Waals surface area contributed by atoms with Crippen LogP contribution in [0.3, 0.4) is 0 Å². The van der Waals surface area contributed by atoms with Crippen LogP contribution in [-0.4, -0.2) is 6.61 Å². The Kier molecular flexibility index (Phi) is 4.99. The molecule has 0 atom stereocenters. The Bertz CT molecular complexity index is 551. The Morgan fingerprint density at radius 1 is 1.10 bits per heavy atom. The number of anilines is 1. The molecule has 0 aliphatic rings. The second kappa shape index (κ2) is 6.94. The second-order valence-corrected chi connectivity index (χ2v) is 4.81. The van der Waals surface area contributed by atoms with Gasteiger partial charge in [-0.15, -0.1) is 0 Å². The summed E-state index contributed by atoms with van der Waals surface area (Å²) < 4.78 is 19.0. The van der Waals surface area contributed by atoms with E-state index in [1.54, 1.807) is 19.1 Å². The first-order chi connectivity index (χ1) is 9.69. The van der Waals surface area contributed by atoms with Gasteiger partial charge in [0, 0.05) is 12.2 Å². The summed E-state index contributed by atoms with van der Waals surface area (Å²) >= 11 is 0. The van der Waals surface area contributed by atoms with Crippen LogP contribution in [0.5, 0.6) is 5.75 Å². The van der Waals surface area contributed by atoms with Gasteiger partial charge in [0.15, 0.2) is 0 Å². The van der Waals surface area contributed by atoms with Gasteiger partial charge < -0.3 is 10.1 Å². The van der Waals surface area contributed by atoms with Gasteiger partial charge in [0.1, 0.15) is 11.6 Å². The highest BCUT2D eigenvalue weighted by Gasteiger charge is 2.00. The first-order valence-corrected chi connectivity index (χ1v) is 6.91. The van der Waals surface area contributed by atoms with Crippen molar-refractivity contribution in [3.05, 3.63) is 59.4 Å². The summed E-state index contributed by atoms with van der Waals surface area (Å²) in [5, 5.41) is 3.27. The molecule has 106 valence electrons. The molecule has 2 aromatic rings. The van der Waals surface area contributed by atoms with Crippen molar-refractivity contribution in [1.82, 2.24) is 0 Å². The standard InChI is InChI=1S/C17H20FNO/c1-3-10-20-16-8-6-15(7-9-16)19-12-14-5-4-13(2)17(18)11-14/h4-9,11,19H,3,10,12H2,1-2H3. The van der Waals surface area contributed by atoms with Crippen molar-refractivity contribution in [2.45, 2.75) is 26.8 Å². The van der Waals surface area contributed by atoms with Crippen LogP contribution in [0.1, 0.15) is 24.5 Å². The molecular formula is C17H20FNO. The Hall–Kier alpha value is -2.03. The molecule has 0 heterocycles. The van der Waals surface area contributed by atoms with Gasteiger partial charge in [-0.05, 0) is 54.8 Å². The monoisotopic (exact) mass is 273 g/mol. The van der Waals surface area contributed by atoms with Gasteiger partial charge in [-0.1, -0.05) is 19.1 Å². The van der Waals surface area contributed by atoms with E-state index >= 15 is 0 Å². The summed E-state index contributed by atoms with van der Waals surface area (Å²) in [5.74, 6) is 0.714. The molecule has 1 N–H and O–H groups in total. The number of rotatable bonds is 6. The quantitative estimate of drug-likeness (QED) is 0.834. The fourth-order valence-electron chi connectivity index (χ4n) is 1.84. The Labute approximate surface area is 119 Å². The molecule has 2 rings (SSSR count). The lowest BCUT2D eigenvalue weighted by Crippen LogP contribution is -2.00. The van der Waals surface area contributed by atoms with E-state index in [0.717, 1.165) is 30.0 Å². The number of hydrogen-bond acceptors (Lipinski definition) is 2. The number of benzene rings is 2. The van der Waals surface area contributed by atoms with Crippen LogP contribution >= 0.6 is 0 Å². The minimum Gasteiger partial charge on any atom is -0.494 e. The summed E-state index contributed by atoms with van der Waals surface area (Å²) in [6, 6.07) is 13.1. The maximum absolute atomic E-state index is 13.4. The number of halogens is 1. The fourth-order valence-corrected chi connectivity index (χ4v) is 1.84. The van der Waals surface area contributed by atoms with Gasteiger partial charge in [0.25, 0.3) is 0 Å². The molecule has 0 saturated carbocycles. The van der Waals surface area contributed by atoms with Gasteiger partial charge >= 0.3 is 0 Å². The van der Waals surface area contributed by atoms with E-state index in [9.17, 15) is 4.39 Å². The molecule has 0 bridgehead atoms. The Morgan fingerprint density at radius 2 is 1.85 bits per heavy atom. The zero-order valence-electron chi connectivity index (χ0n) is 11.9. The molecule has 0 aromatic heterocycles. The van der Waals surface area contributed by atoms with Crippen LogP contribution in [0.25, 0.3) is 0 Å². The van der Waals surface area contributed by atoms with Crippen molar-refractivity contribution in [2.75, 3.05) is 11.9 Å². The van der Waals surface area contributed by atoms with E-state index in [4.69, 9.17) is 4.74 Å². The smallest absolute Gasteiger partial charge is 0.126 e. The summed E-state index contributed by atoms with van der Waals surface area (Å²) in [6.45, 7) is 5.18. The third kappa shape index (κ3) is 3.98. The van der Waals surface area contributed by atoms with Crippen molar-refractivity contribution in [3.63, 3.8) is 0 Å². The first-order valence-electron chi connectivity index (χ1n) is 6.91. The predicted molar refractivity (Wildman–Crippen MR) is 80.7 cm³/mol. The molecule has 0 aliphatic heterocycles. The average molecular weight is 273 g/mol. The molecule has 0 radical (unpaired) electrons. The fraction of sp³-hybridized carbons (Fsp3) is 0.294. The summed E-state index contributed by atoms with van der Waals surface area (Å²) in [4.78, 5) is 0. The van der Waals surface area contributed by atoms with E-state index in [1.807, 2.05) is 30.3 Å². The summed E-state index contributed by atoms with van der Waals surface area (Å²) in [5.41, 5.74) is 2.60. The number of hydrogen-bond donors (Lipinski definition) is 1. The van der Waals surface area contributed by atoms with Crippen LogP contribution < -0.4 is 10.1 Å². The highest BCUT2D eigenvalue weighted by Crippen LogP contribution is 2.17. The first kappa shape index (κ1) is 14.4. The van der Waals surface area contributed by atoms with Gasteiger partial charge in [-0.25, -0.2) is 4.39 Å². The predicted octanol–water partition coefficient (Wildman–Crippen LogP) is 4.54. The van der Waals surface area contributed by atoms with Crippen molar-refractivity contribution >= 4 is 5.69 Å². The summed E-state index contributed by atoms with van der Waals surface area (Å²) in [7, 11) is 0. The van der Waals surface area contributed by atoms with E-state index in [0.29, 0.717) is 12.1 Å². The molecular weight excluding hydrogens is 253 g/mol. The lowest BCUT2D eigenvalue weighted by atomic mass is 10.1. The van der Waals surface area contributed by atoms with Crippen molar-refractivity contribution in [2.24, 2.45) is 0 Å². The van der Waals surface area contributed by atoms with Gasteiger partial charge in [-0.2, -0.15) is 0 Å². The highest BCUT2D eigenvalue weighted by molar-refractivity contribution is 5.46. The molecule has 0 unspecified atom stereocenters. The number of nitrogens with one attached hydrogen (secondary N) is 1. The summed E-state index contributed by atoms with van der Waals surface area (Å²) in [6.07, 6.45) is 0.999. The molecule has 0 saturated heterocycles. The van der Waals surface area contributed by atoms with E-state index in [1.165, 1.54) is 0 Å². The Morgan fingerprint density at radius 3 is 2.50 bits per heavy atom. The van der Waals surface area contributed by atoms with E-state index in [2.05, 4.69) is 12.2 Å². The van der Waals surface area contributed by atoms with Crippen LogP contribution in [0.2, 0.25) is 0 Å². The van der Waals surface area contributed by atoms with E-state index in [-0.39, 0.29) is 5.82 Å². The van der Waals surface area contributed by atoms with Crippen molar-refractivity contribution in [3.8, 4) is 5.75 Å². The highest BCUT2D eigenvalue weighted by atomic mass is 19.1. The Balaban J connectivity index is 1.91. The SMILES string of the molecule is CCCOc1ccc(NCc2ccc(C)c(F)c2)cc1. The number of aryl methyl sites for hydroxylation is 1. The van der Waals surface area contributed by atoms with Gasteiger partial charge in [0.05, 0.1) is 6.61 Å². The maximum atomic E-state index is 13.4. The van der Waals surface area contributed by atoms with Crippen LogP contribution in [0.4, 0.5) is 10.1 Å². The molecule has 20 heavy (non-hydrogen) atoms. The van der Waals surface area contributed by atoms with Crippen LogP contribution in [0, 0.1) is 12.7 Å². The molecule has 0 spiro atoms. The minimum atomic E-state index is -0.160. The molecule has 2 aromatic carbocycles. The largest absolute Gasteiger partial charge is 0.494 e. The lowest BCUT2D eigenvalue weighted by Gasteiger charge is -2.09. The normalized spacial score (nSPS) is 10.3. The van der Waals surface area contributed by atoms with Crippen LogP contribution in [0.15, 0.2) is 42.5 Å². The third-order valence-corrected chi connectivity index (χ3v) is 3.06. The van der Waals surface area contributed by atoms with E-state index < -0.39 is 0 Å². The molecule has 3 heteroatoms. The van der Waals surface area contributed by atoms with Gasteiger partial charge in [-0.3, -0.25) is 0 Å².